The van der Waals surface area contributed by atoms with Crippen molar-refractivity contribution in [3.63, 3.8) is 0 Å². The molecule has 1 heteroatoms. The number of hydrogen-bond acceptors (Lipinski definition) is 1. The third-order valence-electron chi connectivity index (χ3n) is 3.59. The lowest BCUT2D eigenvalue weighted by Gasteiger charge is -2.04. The van der Waals surface area contributed by atoms with Crippen molar-refractivity contribution in [1.29, 1.82) is 0 Å². The highest BCUT2D eigenvalue weighted by atomic mass is 16.1. The second kappa shape index (κ2) is 5.23. The van der Waals surface area contributed by atoms with Gasteiger partial charge < -0.3 is 0 Å². The number of rotatable bonds is 4. The number of allylic oxidation sites excluding steroid dienone is 4. The molecule has 0 saturated heterocycles. The molecule has 1 aliphatic rings. The Bertz CT molecular complexity index is 677. The molecule has 0 bridgehead atoms. The Balaban J connectivity index is 1.74. The van der Waals surface area contributed by atoms with Crippen molar-refractivity contribution in [2.45, 2.75) is 19.3 Å². The summed E-state index contributed by atoms with van der Waals surface area (Å²) >= 11 is 0. The van der Waals surface area contributed by atoms with Crippen LogP contribution in [0.4, 0.5) is 0 Å². The van der Waals surface area contributed by atoms with Gasteiger partial charge in [-0.15, -0.1) is 0 Å². The van der Waals surface area contributed by atoms with E-state index >= 15 is 0 Å². The first kappa shape index (κ1) is 11.9. The maximum atomic E-state index is 12.2. The minimum atomic E-state index is 0.235. The van der Waals surface area contributed by atoms with Crippen LogP contribution >= 0.6 is 0 Å². The Labute approximate surface area is 113 Å². The van der Waals surface area contributed by atoms with E-state index in [4.69, 9.17) is 0 Å². The topological polar surface area (TPSA) is 17.1 Å². The Hall–Kier alpha value is -2.15. The Morgan fingerprint density at radius 1 is 1.05 bits per heavy atom. The zero-order chi connectivity index (χ0) is 13.1. The van der Waals surface area contributed by atoms with Crippen LogP contribution in [0.2, 0.25) is 0 Å². The Morgan fingerprint density at radius 2 is 1.89 bits per heavy atom. The number of carbonyl (C=O) groups excluding carboxylic acids is 1. The van der Waals surface area contributed by atoms with E-state index in [2.05, 4.69) is 30.4 Å². The number of carbonyl (C=O) groups is 1. The fourth-order valence-corrected chi connectivity index (χ4v) is 2.46. The summed E-state index contributed by atoms with van der Waals surface area (Å²) in [6.45, 7) is 0. The van der Waals surface area contributed by atoms with Gasteiger partial charge >= 0.3 is 0 Å². The van der Waals surface area contributed by atoms with Crippen LogP contribution in [0.25, 0.3) is 10.8 Å². The number of Topliss-reactive ketones (excluding diaryl/α,β-unsaturated/α-hetero) is 1. The van der Waals surface area contributed by atoms with Crippen molar-refractivity contribution in [2.24, 2.45) is 0 Å². The van der Waals surface area contributed by atoms with Crippen LogP contribution in [-0.4, -0.2) is 5.78 Å². The van der Waals surface area contributed by atoms with E-state index in [1.165, 1.54) is 11.0 Å². The van der Waals surface area contributed by atoms with Crippen molar-refractivity contribution < 1.29 is 4.79 Å². The highest BCUT2D eigenvalue weighted by molar-refractivity contribution is 6.00. The Kier molecular flexibility index (Phi) is 3.28. The molecule has 2 aromatic rings. The van der Waals surface area contributed by atoms with E-state index in [0.29, 0.717) is 6.42 Å². The number of hydrogen-bond donors (Lipinski definition) is 0. The predicted octanol–water partition coefficient (Wildman–Crippen LogP) is 4.69. The molecule has 0 heterocycles. The van der Waals surface area contributed by atoms with Crippen LogP contribution in [0.1, 0.15) is 29.6 Å². The van der Waals surface area contributed by atoms with E-state index in [-0.39, 0.29) is 5.78 Å². The smallest absolute Gasteiger partial charge is 0.163 e. The monoisotopic (exact) mass is 248 g/mol. The average Bonchev–Trinajstić information content (AvgIpc) is 2.97. The molecule has 0 unspecified atom stereocenters. The zero-order valence-corrected chi connectivity index (χ0v) is 10.8. The summed E-state index contributed by atoms with van der Waals surface area (Å²) in [5.74, 6) is 0.235. The SMILES string of the molecule is O=C(CCC1=CC=CC1)c1ccc2ccccc2c1. The molecule has 1 nitrogen and oxygen atoms in total. The van der Waals surface area contributed by atoms with Gasteiger partial charge in [0.25, 0.3) is 0 Å². The van der Waals surface area contributed by atoms with Gasteiger partial charge in [0.15, 0.2) is 5.78 Å². The van der Waals surface area contributed by atoms with Gasteiger partial charge in [0.05, 0.1) is 0 Å². The first-order valence-corrected chi connectivity index (χ1v) is 6.69. The van der Waals surface area contributed by atoms with Crippen LogP contribution < -0.4 is 0 Å². The summed E-state index contributed by atoms with van der Waals surface area (Å²) < 4.78 is 0. The van der Waals surface area contributed by atoms with Gasteiger partial charge in [-0.05, 0) is 29.7 Å². The zero-order valence-electron chi connectivity index (χ0n) is 10.8. The lowest BCUT2D eigenvalue weighted by Crippen LogP contribution is -1.99. The molecular weight excluding hydrogens is 232 g/mol. The molecule has 0 aliphatic heterocycles. The molecular formula is C18H16O. The van der Waals surface area contributed by atoms with E-state index < -0.39 is 0 Å². The molecule has 0 saturated carbocycles. The first-order chi connectivity index (χ1) is 9.33. The molecule has 0 aromatic heterocycles. The molecule has 94 valence electrons. The minimum Gasteiger partial charge on any atom is -0.294 e. The maximum Gasteiger partial charge on any atom is 0.163 e. The second-order valence-electron chi connectivity index (χ2n) is 4.94. The van der Waals surface area contributed by atoms with Crippen LogP contribution in [-0.2, 0) is 0 Å². The molecule has 0 atom stereocenters. The number of benzene rings is 2. The van der Waals surface area contributed by atoms with E-state index in [1.807, 2.05) is 30.3 Å². The van der Waals surface area contributed by atoms with Gasteiger partial charge in [0.1, 0.15) is 0 Å². The van der Waals surface area contributed by atoms with Crippen molar-refractivity contribution in [3.8, 4) is 0 Å². The molecule has 3 rings (SSSR count). The summed E-state index contributed by atoms with van der Waals surface area (Å²) in [6, 6.07) is 14.1. The second-order valence-corrected chi connectivity index (χ2v) is 4.94. The van der Waals surface area contributed by atoms with Crippen LogP contribution in [0.5, 0.6) is 0 Å². The van der Waals surface area contributed by atoms with Crippen LogP contribution in [0.15, 0.2) is 66.3 Å². The third-order valence-corrected chi connectivity index (χ3v) is 3.59. The summed E-state index contributed by atoms with van der Waals surface area (Å²) in [6.07, 6.45) is 8.80. The molecule has 0 spiro atoms. The average molecular weight is 248 g/mol. The predicted molar refractivity (Wildman–Crippen MR) is 79.4 cm³/mol. The number of ketones is 1. The molecule has 1 aliphatic carbocycles. The molecule has 0 N–H and O–H groups in total. The van der Waals surface area contributed by atoms with E-state index in [0.717, 1.165) is 23.8 Å². The quantitative estimate of drug-likeness (QED) is 0.717. The van der Waals surface area contributed by atoms with Crippen molar-refractivity contribution in [1.82, 2.24) is 0 Å². The van der Waals surface area contributed by atoms with Crippen molar-refractivity contribution in [3.05, 3.63) is 71.8 Å². The van der Waals surface area contributed by atoms with Gasteiger partial charge in [-0.2, -0.15) is 0 Å². The van der Waals surface area contributed by atoms with Crippen molar-refractivity contribution in [2.75, 3.05) is 0 Å². The summed E-state index contributed by atoms with van der Waals surface area (Å²) in [4.78, 5) is 12.2. The van der Waals surface area contributed by atoms with E-state index in [9.17, 15) is 4.79 Å². The fourth-order valence-electron chi connectivity index (χ4n) is 2.46. The van der Waals surface area contributed by atoms with Gasteiger partial charge in [0, 0.05) is 12.0 Å². The third kappa shape index (κ3) is 2.65. The summed E-state index contributed by atoms with van der Waals surface area (Å²) in [7, 11) is 0. The lowest BCUT2D eigenvalue weighted by molar-refractivity contribution is 0.0983. The van der Waals surface area contributed by atoms with Crippen molar-refractivity contribution >= 4 is 16.6 Å². The first-order valence-electron chi connectivity index (χ1n) is 6.69. The maximum absolute atomic E-state index is 12.2. The summed E-state index contributed by atoms with van der Waals surface area (Å²) in [5, 5.41) is 2.32. The Morgan fingerprint density at radius 3 is 2.68 bits per heavy atom. The van der Waals surface area contributed by atoms with Gasteiger partial charge in [0.2, 0.25) is 0 Å². The van der Waals surface area contributed by atoms with Gasteiger partial charge in [-0.25, -0.2) is 0 Å². The molecule has 0 amide bonds. The van der Waals surface area contributed by atoms with E-state index in [1.54, 1.807) is 0 Å². The number of fused-ring (bicyclic) bond motifs is 1. The normalized spacial score (nSPS) is 13.8. The molecule has 0 fully saturated rings. The molecule has 19 heavy (non-hydrogen) atoms. The fraction of sp³-hybridized carbons (Fsp3) is 0.167. The van der Waals surface area contributed by atoms with Gasteiger partial charge in [-0.3, -0.25) is 4.79 Å². The standard InChI is InChI=1S/C18H16O/c19-18(12-9-14-5-1-2-6-14)17-11-10-15-7-3-4-8-16(15)13-17/h1-5,7-8,10-11,13H,6,9,12H2. The van der Waals surface area contributed by atoms with Gasteiger partial charge in [-0.1, -0.05) is 60.2 Å². The highest BCUT2D eigenvalue weighted by Gasteiger charge is 2.08. The lowest BCUT2D eigenvalue weighted by atomic mass is 10.00. The largest absolute Gasteiger partial charge is 0.294 e. The molecule has 2 aromatic carbocycles. The highest BCUT2D eigenvalue weighted by Crippen LogP contribution is 2.20. The van der Waals surface area contributed by atoms with Crippen LogP contribution in [0.3, 0.4) is 0 Å². The summed E-state index contributed by atoms with van der Waals surface area (Å²) in [5.41, 5.74) is 2.18. The van der Waals surface area contributed by atoms with Crippen LogP contribution in [0, 0.1) is 0 Å². The minimum absolute atomic E-state index is 0.235. The molecule has 0 radical (unpaired) electrons.